The van der Waals surface area contributed by atoms with Gasteiger partial charge >= 0.3 is 0 Å². The van der Waals surface area contributed by atoms with E-state index in [-0.39, 0.29) is 5.91 Å². The third-order valence-corrected chi connectivity index (χ3v) is 8.87. The summed E-state index contributed by atoms with van der Waals surface area (Å²) in [6.45, 7) is 0.519. The summed E-state index contributed by atoms with van der Waals surface area (Å²) in [4.78, 5) is 13.3. The zero-order valence-electron chi connectivity index (χ0n) is 21.3. The molecule has 0 spiro atoms. The first kappa shape index (κ1) is 23.1. The smallest absolute Gasteiger partial charge is 0.255 e. The van der Waals surface area contributed by atoms with Gasteiger partial charge in [0, 0.05) is 16.9 Å². The van der Waals surface area contributed by atoms with Crippen LogP contribution in [0, 0.1) is 17.8 Å². The lowest BCUT2D eigenvalue weighted by atomic mass is 9.68. The average molecular weight is 501 g/mol. The SMILES string of the molecule is O=C(Nc1ccc(OCc2ccccc2)cc1)c1ccc2c(c1)[C@@H]1[C@H]3CC[C@@H](C3)[C@H]1[C@@H](c1ccccc1)N2. The standard InChI is InChI=1S/C34H32N2O2/c37-34(35-27-14-16-28(17-15-27)38-21-22-7-3-1-4-8-22)26-13-18-30-29(20-26)31-24-11-12-25(19-24)32(31)33(36-30)23-9-5-2-6-10-23/h1-10,13-18,20,24-25,31-33,36H,11-12,19,21H2,(H,35,37)/t24-,25-,31-,32+,33+/m0/s1. The molecule has 0 unspecified atom stereocenters. The van der Waals surface area contributed by atoms with Crippen LogP contribution in [0.5, 0.6) is 5.75 Å². The maximum Gasteiger partial charge on any atom is 0.255 e. The second kappa shape index (κ2) is 9.68. The number of carbonyl (C=O) groups is 1. The third-order valence-electron chi connectivity index (χ3n) is 8.87. The Morgan fingerprint density at radius 3 is 2.37 bits per heavy atom. The van der Waals surface area contributed by atoms with Gasteiger partial charge in [-0.05, 0) is 102 Å². The molecular formula is C34H32N2O2. The van der Waals surface area contributed by atoms with Crippen molar-refractivity contribution in [1.29, 1.82) is 0 Å². The second-order valence-electron chi connectivity index (χ2n) is 11.0. The number of nitrogens with one attached hydrogen (secondary N) is 2. The van der Waals surface area contributed by atoms with Gasteiger partial charge in [-0.25, -0.2) is 0 Å². The molecule has 4 heteroatoms. The lowest BCUT2D eigenvalue weighted by molar-refractivity contribution is 0.102. The summed E-state index contributed by atoms with van der Waals surface area (Å²) in [5.74, 6) is 3.29. The predicted octanol–water partition coefficient (Wildman–Crippen LogP) is 7.81. The molecule has 2 bridgehead atoms. The Morgan fingerprint density at radius 1 is 0.842 bits per heavy atom. The molecule has 3 aliphatic rings. The fourth-order valence-electron chi connectivity index (χ4n) is 7.20. The Kier molecular flexibility index (Phi) is 5.88. The molecule has 4 aromatic carbocycles. The fourth-order valence-corrected chi connectivity index (χ4v) is 7.20. The van der Waals surface area contributed by atoms with Crippen molar-refractivity contribution in [2.24, 2.45) is 17.8 Å². The summed E-state index contributed by atoms with van der Waals surface area (Å²) in [6.07, 6.45) is 3.95. The topological polar surface area (TPSA) is 50.4 Å². The molecule has 190 valence electrons. The maximum atomic E-state index is 13.3. The Morgan fingerprint density at radius 2 is 1.58 bits per heavy atom. The quantitative estimate of drug-likeness (QED) is 0.284. The van der Waals surface area contributed by atoms with Crippen LogP contribution in [0.3, 0.4) is 0 Å². The number of rotatable bonds is 6. The highest BCUT2D eigenvalue weighted by Gasteiger charge is 2.53. The van der Waals surface area contributed by atoms with Crippen molar-refractivity contribution in [2.45, 2.75) is 37.8 Å². The van der Waals surface area contributed by atoms with Gasteiger partial charge in [-0.1, -0.05) is 60.7 Å². The zero-order chi connectivity index (χ0) is 25.5. The van der Waals surface area contributed by atoms with E-state index in [2.05, 4.69) is 53.1 Å². The molecule has 0 radical (unpaired) electrons. The van der Waals surface area contributed by atoms with E-state index in [1.165, 1.54) is 36.1 Å². The zero-order valence-corrected chi connectivity index (χ0v) is 21.3. The molecule has 4 nitrogen and oxygen atoms in total. The summed E-state index contributed by atoms with van der Waals surface area (Å²) in [5, 5.41) is 6.95. The van der Waals surface area contributed by atoms with Gasteiger partial charge in [0.25, 0.3) is 5.91 Å². The van der Waals surface area contributed by atoms with Crippen molar-refractivity contribution in [2.75, 3.05) is 10.6 Å². The highest BCUT2D eigenvalue weighted by Crippen LogP contribution is 2.63. The van der Waals surface area contributed by atoms with Crippen molar-refractivity contribution in [3.8, 4) is 5.75 Å². The summed E-state index contributed by atoms with van der Waals surface area (Å²) >= 11 is 0. The minimum absolute atomic E-state index is 0.0735. The molecule has 1 aliphatic heterocycles. The highest BCUT2D eigenvalue weighted by molar-refractivity contribution is 6.04. The normalized spacial score (nSPS) is 24.7. The van der Waals surface area contributed by atoms with E-state index >= 15 is 0 Å². The van der Waals surface area contributed by atoms with Crippen LogP contribution in [0.4, 0.5) is 11.4 Å². The summed E-state index contributed by atoms with van der Waals surface area (Å²) < 4.78 is 5.88. The van der Waals surface area contributed by atoms with Crippen LogP contribution in [0.2, 0.25) is 0 Å². The molecule has 2 fully saturated rings. The van der Waals surface area contributed by atoms with Crippen LogP contribution >= 0.6 is 0 Å². The maximum absolute atomic E-state index is 13.3. The van der Waals surface area contributed by atoms with Gasteiger partial charge in [0.2, 0.25) is 0 Å². The van der Waals surface area contributed by atoms with Crippen LogP contribution < -0.4 is 15.4 Å². The van der Waals surface area contributed by atoms with Gasteiger partial charge in [0.1, 0.15) is 12.4 Å². The van der Waals surface area contributed by atoms with Crippen molar-refractivity contribution in [3.05, 3.63) is 125 Å². The van der Waals surface area contributed by atoms with Crippen LogP contribution in [-0.2, 0) is 6.61 Å². The molecule has 0 saturated heterocycles. The molecule has 7 rings (SSSR count). The molecule has 5 atom stereocenters. The molecule has 4 aromatic rings. The fraction of sp³-hybridized carbons (Fsp3) is 0.265. The molecule has 0 aromatic heterocycles. The first-order valence-electron chi connectivity index (χ1n) is 13.8. The van der Waals surface area contributed by atoms with E-state index in [0.29, 0.717) is 24.5 Å². The van der Waals surface area contributed by atoms with E-state index in [0.717, 1.165) is 34.4 Å². The minimum atomic E-state index is -0.0735. The van der Waals surface area contributed by atoms with Gasteiger partial charge in [0.15, 0.2) is 0 Å². The van der Waals surface area contributed by atoms with E-state index < -0.39 is 0 Å². The van der Waals surface area contributed by atoms with Crippen molar-refractivity contribution in [3.63, 3.8) is 0 Å². The molecule has 1 heterocycles. The molecule has 1 amide bonds. The predicted molar refractivity (Wildman–Crippen MR) is 151 cm³/mol. The number of ether oxygens (including phenoxy) is 1. The van der Waals surface area contributed by atoms with Crippen LogP contribution in [0.25, 0.3) is 0 Å². The largest absolute Gasteiger partial charge is 0.489 e. The van der Waals surface area contributed by atoms with Gasteiger partial charge in [-0.15, -0.1) is 0 Å². The third kappa shape index (κ3) is 4.24. The van der Waals surface area contributed by atoms with Crippen molar-refractivity contribution >= 4 is 17.3 Å². The molecule has 38 heavy (non-hydrogen) atoms. The first-order chi connectivity index (χ1) is 18.7. The number of amides is 1. The van der Waals surface area contributed by atoms with Crippen LogP contribution in [-0.4, -0.2) is 5.91 Å². The Labute approximate surface area is 224 Å². The van der Waals surface area contributed by atoms with Gasteiger partial charge < -0.3 is 15.4 Å². The van der Waals surface area contributed by atoms with Crippen LogP contribution in [0.1, 0.15) is 58.3 Å². The minimum Gasteiger partial charge on any atom is -0.489 e. The number of benzene rings is 4. The van der Waals surface area contributed by atoms with E-state index in [4.69, 9.17) is 4.74 Å². The molecule has 2 N–H and O–H groups in total. The van der Waals surface area contributed by atoms with Gasteiger partial charge in [-0.3, -0.25) is 4.79 Å². The van der Waals surface area contributed by atoms with E-state index in [1.54, 1.807) is 0 Å². The van der Waals surface area contributed by atoms with Crippen molar-refractivity contribution in [1.82, 2.24) is 0 Å². The lowest BCUT2D eigenvalue weighted by Gasteiger charge is -2.43. The van der Waals surface area contributed by atoms with Crippen molar-refractivity contribution < 1.29 is 9.53 Å². The number of fused-ring (bicyclic) bond motifs is 7. The lowest BCUT2D eigenvalue weighted by Crippen LogP contribution is -2.35. The molecular weight excluding hydrogens is 468 g/mol. The monoisotopic (exact) mass is 500 g/mol. The number of hydrogen-bond acceptors (Lipinski definition) is 3. The number of carbonyl (C=O) groups excluding carboxylic acids is 1. The van der Waals surface area contributed by atoms with Crippen LogP contribution in [0.15, 0.2) is 103 Å². The molecule has 2 aliphatic carbocycles. The Bertz CT molecular complexity index is 1430. The van der Waals surface area contributed by atoms with Gasteiger partial charge in [0.05, 0.1) is 6.04 Å². The number of hydrogen-bond donors (Lipinski definition) is 2. The Hall–Kier alpha value is -4.05. The summed E-state index contributed by atoms with van der Waals surface area (Å²) in [6, 6.07) is 35.1. The molecule has 2 saturated carbocycles. The first-order valence-corrected chi connectivity index (χ1v) is 13.8. The Balaban J connectivity index is 1.08. The summed E-state index contributed by atoms with van der Waals surface area (Å²) in [5.41, 5.74) is 6.49. The van der Waals surface area contributed by atoms with E-state index in [9.17, 15) is 4.79 Å². The second-order valence-corrected chi connectivity index (χ2v) is 11.0. The summed E-state index contributed by atoms with van der Waals surface area (Å²) in [7, 11) is 0. The van der Waals surface area contributed by atoms with Gasteiger partial charge in [-0.2, -0.15) is 0 Å². The highest BCUT2D eigenvalue weighted by atomic mass is 16.5. The van der Waals surface area contributed by atoms with E-state index in [1.807, 2.05) is 60.7 Å². The number of anilines is 2. The average Bonchev–Trinajstić information content (AvgIpc) is 3.60.